The summed E-state index contributed by atoms with van der Waals surface area (Å²) < 4.78 is 4.90. The van der Waals surface area contributed by atoms with Crippen molar-refractivity contribution in [3.05, 3.63) is 0 Å². The fraction of sp³-hybridized carbons (Fsp3) is 0.857. The van der Waals surface area contributed by atoms with Gasteiger partial charge in [0.2, 0.25) is 0 Å². The van der Waals surface area contributed by atoms with E-state index >= 15 is 0 Å². The van der Waals surface area contributed by atoms with Crippen molar-refractivity contribution in [1.82, 2.24) is 0 Å². The van der Waals surface area contributed by atoms with Gasteiger partial charge in [0.25, 0.3) is 0 Å². The highest BCUT2D eigenvalue weighted by molar-refractivity contribution is 5.99. The van der Waals surface area contributed by atoms with Crippen molar-refractivity contribution in [2.75, 3.05) is 6.61 Å². The van der Waals surface area contributed by atoms with E-state index in [4.69, 9.17) is 4.74 Å². The third-order valence-corrected chi connectivity index (χ3v) is 5.16. The van der Waals surface area contributed by atoms with Gasteiger partial charge in [-0.2, -0.15) is 0 Å². The molecule has 3 nitrogen and oxygen atoms in total. The lowest BCUT2D eigenvalue weighted by atomic mass is 9.72. The Morgan fingerprint density at radius 2 is 1.82 bits per heavy atom. The molecule has 4 bridgehead atoms. The molecule has 4 fully saturated rings. The molecule has 4 aliphatic rings. The van der Waals surface area contributed by atoms with E-state index in [2.05, 4.69) is 0 Å². The van der Waals surface area contributed by atoms with Gasteiger partial charge in [-0.15, -0.1) is 0 Å². The van der Waals surface area contributed by atoms with Crippen LogP contribution in [0.5, 0.6) is 0 Å². The van der Waals surface area contributed by atoms with Gasteiger partial charge in [0.15, 0.2) is 0 Å². The summed E-state index contributed by atoms with van der Waals surface area (Å²) in [6.07, 6.45) is 5.88. The predicted molar refractivity (Wildman–Crippen MR) is 62.2 cm³/mol. The van der Waals surface area contributed by atoms with Crippen LogP contribution in [0.15, 0.2) is 0 Å². The number of hydrogen-bond acceptors (Lipinski definition) is 3. The zero-order chi connectivity index (χ0) is 12.0. The summed E-state index contributed by atoms with van der Waals surface area (Å²) in [5, 5.41) is 0. The predicted octanol–water partition coefficient (Wildman–Crippen LogP) is 2.33. The number of carbonyl (C=O) groups is 2. The van der Waals surface area contributed by atoms with E-state index in [9.17, 15) is 9.59 Å². The van der Waals surface area contributed by atoms with Crippen molar-refractivity contribution in [2.24, 2.45) is 23.2 Å². The molecule has 3 heteroatoms. The average molecular weight is 236 g/mol. The SMILES string of the molecule is CCOC(=O)CC(=O)C12CC3CC(CC1C3)C2. The largest absolute Gasteiger partial charge is 0.466 e. The highest BCUT2D eigenvalue weighted by atomic mass is 16.5. The smallest absolute Gasteiger partial charge is 0.313 e. The molecule has 17 heavy (non-hydrogen) atoms. The van der Waals surface area contributed by atoms with Crippen LogP contribution < -0.4 is 0 Å². The molecule has 0 radical (unpaired) electrons. The molecule has 94 valence electrons. The van der Waals surface area contributed by atoms with Crippen LogP contribution in [0.25, 0.3) is 0 Å². The van der Waals surface area contributed by atoms with Gasteiger partial charge in [-0.25, -0.2) is 0 Å². The van der Waals surface area contributed by atoms with Crippen molar-refractivity contribution in [2.45, 2.75) is 45.4 Å². The van der Waals surface area contributed by atoms with Gasteiger partial charge in [-0.1, -0.05) is 0 Å². The first-order valence-electron chi connectivity index (χ1n) is 6.83. The molecular formula is C14H20O3. The van der Waals surface area contributed by atoms with Crippen LogP contribution in [0.3, 0.4) is 0 Å². The van der Waals surface area contributed by atoms with Crippen molar-refractivity contribution in [3.63, 3.8) is 0 Å². The second kappa shape index (κ2) is 3.82. The van der Waals surface area contributed by atoms with Gasteiger partial charge in [0.1, 0.15) is 12.2 Å². The molecule has 0 aromatic rings. The Kier molecular flexibility index (Phi) is 2.53. The van der Waals surface area contributed by atoms with Crippen molar-refractivity contribution >= 4 is 11.8 Å². The third kappa shape index (κ3) is 1.62. The number of hydrogen-bond donors (Lipinski definition) is 0. The third-order valence-electron chi connectivity index (χ3n) is 5.16. The number of rotatable bonds is 4. The van der Waals surface area contributed by atoms with E-state index < -0.39 is 0 Å². The molecule has 0 N–H and O–H groups in total. The van der Waals surface area contributed by atoms with Crippen molar-refractivity contribution in [3.8, 4) is 0 Å². The second-order valence-electron chi connectivity index (χ2n) is 6.11. The first kappa shape index (κ1) is 11.2. The minimum absolute atomic E-state index is 0.00375. The lowest BCUT2D eigenvalue weighted by Gasteiger charge is -2.31. The van der Waals surface area contributed by atoms with Crippen LogP contribution in [-0.2, 0) is 14.3 Å². The van der Waals surface area contributed by atoms with Gasteiger partial charge in [-0.3, -0.25) is 9.59 Å². The maximum absolute atomic E-state index is 12.4. The molecule has 0 aromatic heterocycles. The molecule has 0 spiro atoms. The molecule has 0 heterocycles. The maximum atomic E-state index is 12.4. The second-order valence-corrected chi connectivity index (χ2v) is 6.11. The molecular weight excluding hydrogens is 216 g/mol. The molecule has 4 rings (SSSR count). The fourth-order valence-corrected chi connectivity index (χ4v) is 4.77. The highest BCUT2D eigenvalue weighted by Gasteiger charge is 2.60. The Bertz CT molecular complexity index is 346. The number of ketones is 1. The van der Waals surface area contributed by atoms with Crippen LogP contribution in [0.1, 0.15) is 45.4 Å². The van der Waals surface area contributed by atoms with Crippen molar-refractivity contribution < 1.29 is 14.3 Å². The summed E-state index contributed by atoms with van der Waals surface area (Å²) in [5.41, 5.74) is -0.125. The van der Waals surface area contributed by atoms with Crippen LogP contribution in [-0.4, -0.2) is 18.4 Å². The minimum atomic E-state index is -0.335. The topological polar surface area (TPSA) is 43.4 Å². The molecule has 0 aliphatic heterocycles. The molecule has 0 amide bonds. The van der Waals surface area contributed by atoms with E-state index in [0.717, 1.165) is 24.7 Å². The summed E-state index contributed by atoms with van der Waals surface area (Å²) in [5.74, 6) is 1.94. The number of ether oxygens (including phenoxy) is 1. The lowest BCUT2D eigenvalue weighted by Crippen LogP contribution is -2.34. The van der Waals surface area contributed by atoms with Gasteiger partial charge in [0.05, 0.1) is 6.61 Å². The molecule has 2 atom stereocenters. The fourth-order valence-electron chi connectivity index (χ4n) is 4.77. The van der Waals surface area contributed by atoms with Gasteiger partial charge in [-0.05, 0) is 56.8 Å². The molecule has 0 saturated heterocycles. The number of Topliss-reactive ketones (excluding diaryl/α,β-unsaturated/α-hetero) is 1. The van der Waals surface area contributed by atoms with Crippen LogP contribution in [0.4, 0.5) is 0 Å². The number of carbonyl (C=O) groups excluding carboxylic acids is 2. The first-order valence-corrected chi connectivity index (χ1v) is 6.83. The lowest BCUT2D eigenvalue weighted by molar-refractivity contribution is -0.148. The zero-order valence-corrected chi connectivity index (χ0v) is 10.4. The van der Waals surface area contributed by atoms with Gasteiger partial charge in [0, 0.05) is 5.41 Å². The quantitative estimate of drug-likeness (QED) is 0.556. The van der Waals surface area contributed by atoms with Gasteiger partial charge >= 0.3 is 5.97 Å². The number of esters is 1. The molecule has 4 saturated carbocycles. The molecule has 0 aromatic carbocycles. The first-order chi connectivity index (χ1) is 8.14. The normalized spacial score (nSPS) is 41.8. The van der Waals surface area contributed by atoms with E-state index in [1.54, 1.807) is 6.92 Å². The monoisotopic (exact) mass is 236 g/mol. The zero-order valence-electron chi connectivity index (χ0n) is 10.4. The summed E-state index contributed by atoms with van der Waals surface area (Å²) in [7, 11) is 0. The van der Waals surface area contributed by atoms with Crippen LogP contribution in [0.2, 0.25) is 0 Å². The van der Waals surface area contributed by atoms with Gasteiger partial charge < -0.3 is 4.74 Å². The summed E-state index contributed by atoms with van der Waals surface area (Å²) in [6.45, 7) is 2.15. The van der Waals surface area contributed by atoms with Crippen LogP contribution in [0, 0.1) is 23.2 Å². The van der Waals surface area contributed by atoms with Crippen LogP contribution >= 0.6 is 0 Å². The van der Waals surface area contributed by atoms with E-state index in [1.807, 2.05) is 0 Å². The Hall–Kier alpha value is -0.860. The van der Waals surface area contributed by atoms with E-state index in [1.165, 1.54) is 19.3 Å². The van der Waals surface area contributed by atoms with Crippen molar-refractivity contribution in [1.29, 1.82) is 0 Å². The summed E-state index contributed by atoms with van der Waals surface area (Å²) in [6, 6.07) is 0. The minimum Gasteiger partial charge on any atom is -0.466 e. The Morgan fingerprint density at radius 1 is 1.18 bits per heavy atom. The van der Waals surface area contributed by atoms with E-state index in [0.29, 0.717) is 12.5 Å². The standard InChI is InChI=1S/C14H20O3/c1-2-17-13(16)6-12(15)14-7-9-3-10(8-14)5-11(14)4-9/h9-11H,2-8H2,1H3. The average Bonchev–Trinajstić information content (AvgIpc) is 2.65. The summed E-state index contributed by atoms with van der Waals surface area (Å²) >= 11 is 0. The summed E-state index contributed by atoms with van der Waals surface area (Å²) in [4.78, 5) is 23.8. The Balaban J connectivity index is 1.72. The molecule has 2 unspecified atom stereocenters. The Labute approximate surface area is 102 Å². The highest BCUT2D eigenvalue weighted by Crippen LogP contribution is 2.65. The van der Waals surface area contributed by atoms with E-state index in [-0.39, 0.29) is 23.6 Å². The maximum Gasteiger partial charge on any atom is 0.313 e. The molecule has 4 aliphatic carbocycles. The Morgan fingerprint density at radius 3 is 2.41 bits per heavy atom.